The van der Waals surface area contributed by atoms with E-state index in [0.717, 1.165) is 0 Å². The van der Waals surface area contributed by atoms with Gasteiger partial charge < -0.3 is 20.1 Å². The van der Waals surface area contributed by atoms with E-state index in [9.17, 15) is 9.90 Å². The van der Waals surface area contributed by atoms with Crippen LogP contribution in [0.1, 0.15) is 57.4 Å². The molecule has 0 aliphatic heterocycles. The molecule has 2 atom stereocenters. The molecule has 5 heteroatoms. The van der Waals surface area contributed by atoms with Crippen LogP contribution in [0.4, 0.5) is 4.79 Å². The summed E-state index contributed by atoms with van der Waals surface area (Å²) in [5.74, 6) is 0. The number of nitrogens with one attached hydrogen (secondary N) is 1. The number of benzene rings is 1. The number of rotatable bonds is 7. The lowest BCUT2D eigenvalue weighted by molar-refractivity contribution is 0.0163. The molecule has 25 heavy (non-hydrogen) atoms. The highest BCUT2D eigenvalue weighted by atomic mass is 16.6. The van der Waals surface area contributed by atoms with Gasteiger partial charge in [0.25, 0.3) is 0 Å². The maximum absolute atomic E-state index is 12.3. The topological polar surface area (TPSA) is 61.8 Å². The minimum Gasteiger partial charge on any atom is -0.444 e. The third-order valence-corrected chi connectivity index (χ3v) is 3.86. The summed E-state index contributed by atoms with van der Waals surface area (Å²) >= 11 is 0. The largest absolute Gasteiger partial charge is 0.444 e. The van der Waals surface area contributed by atoms with Gasteiger partial charge >= 0.3 is 6.09 Å². The molecule has 0 bridgehead atoms. The summed E-state index contributed by atoms with van der Waals surface area (Å²) in [7, 11) is 0. The summed E-state index contributed by atoms with van der Waals surface area (Å²) in [5.41, 5.74) is 3.22. The van der Waals surface area contributed by atoms with Crippen LogP contribution >= 0.6 is 0 Å². The van der Waals surface area contributed by atoms with Crippen molar-refractivity contribution in [2.45, 2.75) is 66.2 Å². The highest BCUT2D eigenvalue weighted by Gasteiger charge is 2.23. The second-order valence-electron chi connectivity index (χ2n) is 7.81. The molecule has 0 heterocycles. The quantitative estimate of drug-likeness (QED) is 0.789. The number of carbonyl (C=O) groups is 1. The first-order valence-corrected chi connectivity index (χ1v) is 8.96. The van der Waals surface area contributed by atoms with Crippen LogP contribution in [0.5, 0.6) is 0 Å². The maximum Gasteiger partial charge on any atom is 0.410 e. The fraction of sp³-hybridized carbons (Fsp3) is 0.650. The molecule has 0 aliphatic rings. The molecule has 0 radical (unpaired) electrons. The predicted molar refractivity (Wildman–Crippen MR) is 102 cm³/mol. The van der Waals surface area contributed by atoms with Gasteiger partial charge in [-0.2, -0.15) is 0 Å². The first kappa shape index (κ1) is 21.5. The number of aliphatic hydroxyl groups excluding tert-OH is 1. The Labute approximate surface area is 152 Å². The lowest BCUT2D eigenvalue weighted by Crippen LogP contribution is -2.43. The molecule has 0 spiro atoms. The first-order valence-electron chi connectivity index (χ1n) is 8.96. The minimum atomic E-state index is -0.593. The van der Waals surface area contributed by atoms with Gasteiger partial charge in [0, 0.05) is 25.7 Å². The number of carbonyl (C=O) groups excluding carboxylic acids is 1. The van der Waals surface area contributed by atoms with E-state index in [1.165, 1.54) is 16.7 Å². The van der Waals surface area contributed by atoms with Gasteiger partial charge in [0.15, 0.2) is 0 Å². The van der Waals surface area contributed by atoms with Crippen molar-refractivity contribution < 1.29 is 14.6 Å². The van der Waals surface area contributed by atoms with Crippen LogP contribution in [0, 0.1) is 13.8 Å². The van der Waals surface area contributed by atoms with Crippen molar-refractivity contribution in [2.24, 2.45) is 0 Å². The van der Waals surface area contributed by atoms with Gasteiger partial charge in [0.2, 0.25) is 0 Å². The van der Waals surface area contributed by atoms with E-state index >= 15 is 0 Å². The Bertz CT molecular complexity index is 565. The Morgan fingerprint density at radius 2 is 1.92 bits per heavy atom. The molecule has 2 N–H and O–H groups in total. The Hall–Kier alpha value is -1.59. The molecule has 0 aliphatic carbocycles. The Morgan fingerprint density at radius 3 is 2.44 bits per heavy atom. The molecule has 1 amide bonds. The number of ether oxygens (including phenoxy) is 1. The molecule has 1 aromatic carbocycles. The van der Waals surface area contributed by atoms with Crippen LogP contribution < -0.4 is 5.32 Å². The second-order valence-corrected chi connectivity index (χ2v) is 7.81. The number of aryl methyl sites for hydroxylation is 2. The van der Waals surface area contributed by atoms with Crippen molar-refractivity contribution in [3.05, 3.63) is 34.9 Å². The SMILES string of the molecule is Cc1ccc(C(C)NCCN(CC(C)O)C(=O)OC(C)(C)C)c(C)c1. The third-order valence-electron chi connectivity index (χ3n) is 3.86. The monoisotopic (exact) mass is 350 g/mol. The Morgan fingerprint density at radius 1 is 1.28 bits per heavy atom. The zero-order valence-electron chi connectivity index (χ0n) is 16.7. The van der Waals surface area contributed by atoms with E-state index < -0.39 is 17.8 Å². The van der Waals surface area contributed by atoms with Crippen molar-refractivity contribution in [3.8, 4) is 0 Å². The van der Waals surface area contributed by atoms with Crippen LogP contribution in [-0.2, 0) is 4.74 Å². The second kappa shape index (κ2) is 9.20. The van der Waals surface area contributed by atoms with Gasteiger partial charge in [0.05, 0.1) is 6.10 Å². The lowest BCUT2D eigenvalue weighted by atomic mass is 10.0. The van der Waals surface area contributed by atoms with E-state index in [2.05, 4.69) is 44.3 Å². The van der Waals surface area contributed by atoms with E-state index in [-0.39, 0.29) is 12.6 Å². The fourth-order valence-electron chi connectivity index (χ4n) is 2.74. The summed E-state index contributed by atoms with van der Waals surface area (Å²) in [6, 6.07) is 6.62. The lowest BCUT2D eigenvalue weighted by Gasteiger charge is -2.29. The number of hydrogen-bond acceptors (Lipinski definition) is 4. The molecule has 0 saturated heterocycles. The van der Waals surface area contributed by atoms with E-state index in [1.54, 1.807) is 11.8 Å². The highest BCUT2D eigenvalue weighted by molar-refractivity contribution is 5.68. The van der Waals surface area contributed by atoms with Crippen LogP contribution in [0.3, 0.4) is 0 Å². The number of hydrogen-bond donors (Lipinski definition) is 2. The summed E-state index contributed by atoms with van der Waals surface area (Å²) in [6.45, 7) is 14.9. The first-order chi connectivity index (χ1) is 11.5. The van der Waals surface area contributed by atoms with Gasteiger partial charge in [-0.15, -0.1) is 0 Å². The van der Waals surface area contributed by atoms with E-state index in [4.69, 9.17) is 4.74 Å². The average Bonchev–Trinajstić information content (AvgIpc) is 2.43. The summed E-state index contributed by atoms with van der Waals surface area (Å²) < 4.78 is 5.42. The molecule has 142 valence electrons. The molecule has 1 aromatic rings. The fourth-order valence-corrected chi connectivity index (χ4v) is 2.74. The number of amides is 1. The smallest absolute Gasteiger partial charge is 0.410 e. The summed E-state index contributed by atoms with van der Waals surface area (Å²) in [4.78, 5) is 13.8. The van der Waals surface area contributed by atoms with Crippen molar-refractivity contribution in [2.75, 3.05) is 19.6 Å². The average molecular weight is 351 g/mol. The highest BCUT2D eigenvalue weighted by Crippen LogP contribution is 2.18. The van der Waals surface area contributed by atoms with Crippen LogP contribution in [-0.4, -0.2) is 47.4 Å². The summed E-state index contributed by atoms with van der Waals surface area (Å²) in [5, 5.41) is 13.1. The molecular formula is C20H34N2O3. The number of aliphatic hydroxyl groups is 1. The molecule has 0 fully saturated rings. The van der Waals surface area contributed by atoms with Crippen molar-refractivity contribution in [3.63, 3.8) is 0 Å². The van der Waals surface area contributed by atoms with Crippen LogP contribution in [0.15, 0.2) is 18.2 Å². The van der Waals surface area contributed by atoms with Gasteiger partial charge in [-0.05, 0) is 59.6 Å². The third kappa shape index (κ3) is 7.88. The molecule has 2 unspecified atom stereocenters. The molecule has 5 nitrogen and oxygen atoms in total. The van der Waals surface area contributed by atoms with Gasteiger partial charge in [0.1, 0.15) is 5.60 Å². The predicted octanol–water partition coefficient (Wildman–Crippen LogP) is 3.57. The zero-order valence-corrected chi connectivity index (χ0v) is 16.7. The molecule has 0 saturated carbocycles. The number of nitrogens with zero attached hydrogens (tertiary/aromatic N) is 1. The minimum absolute atomic E-state index is 0.188. The molecule has 0 aromatic heterocycles. The van der Waals surface area contributed by atoms with Gasteiger partial charge in [-0.1, -0.05) is 23.8 Å². The van der Waals surface area contributed by atoms with Crippen molar-refractivity contribution in [1.82, 2.24) is 10.2 Å². The van der Waals surface area contributed by atoms with Gasteiger partial charge in [-0.3, -0.25) is 0 Å². The standard InChI is InChI=1S/C20H34N2O3/c1-14-8-9-18(15(2)12-14)17(4)21-10-11-22(13-16(3)23)19(24)25-20(5,6)7/h8-9,12,16-17,21,23H,10-11,13H2,1-7H3. The zero-order chi connectivity index (χ0) is 19.2. The Balaban J connectivity index is 2.62. The van der Waals surface area contributed by atoms with Crippen molar-refractivity contribution in [1.29, 1.82) is 0 Å². The molecule has 1 rings (SSSR count). The van der Waals surface area contributed by atoms with E-state index in [0.29, 0.717) is 13.1 Å². The summed E-state index contributed by atoms with van der Waals surface area (Å²) in [6.07, 6.45) is -0.987. The molecular weight excluding hydrogens is 316 g/mol. The van der Waals surface area contributed by atoms with Crippen molar-refractivity contribution >= 4 is 6.09 Å². The van der Waals surface area contributed by atoms with Crippen LogP contribution in [0.2, 0.25) is 0 Å². The van der Waals surface area contributed by atoms with E-state index in [1.807, 2.05) is 20.8 Å². The maximum atomic E-state index is 12.3. The Kier molecular flexibility index (Phi) is 7.90. The van der Waals surface area contributed by atoms with Crippen LogP contribution in [0.25, 0.3) is 0 Å². The van der Waals surface area contributed by atoms with Gasteiger partial charge in [-0.25, -0.2) is 4.79 Å². The normalized spacial score (nSPS) is 14.1.